The third kappa shape index (κ3) is 2.48. The molecule has 0 bridgehead atoms. The lowest BCUT2D eigenvalue weighted by Gasteiger charge is -2.19. The maximum absolute atomic E-state index is 6.30. The molecule has 2 aromatic rings. The van der Waals surface area contributed by atoms with Crippen molar-refractivity contribution in [3.63, 3.8) is 0 Å². The van der Waals surface area contributed by atoms with Crippen molar-refractivity contribution in [2.75, 3.05) is 0 Å². The largest absolute Gasteiger partial charge is 0.271 e. The van der Waals surface area contributed by atoms with Crippen molar-refractivity contribution in [1.29, 1.82) is 0 Å². The molecule has 96 valence electrons. The van der Waals surface area contributed by atoms with Gasteiger partial charge in [0.1, 0.15) is 0 Å². The van der Waals surface area contributed by atoms with Gasteiger partial charge in [0.05, 0.1) is 27.4 Å². The number of nitrogens with two attached hydrogens (primary N) is 1. The fourth-order valence-electron chi connectivity index (χ4n) is 1.80. The number of rotatable bonds is 3. The van der Waals surface area contributed by atoms with Crippen LogP contribution >= 0.6 is 43.5 Å². The highest BCUT2D eigenvalue weighted by atomic mass is 79.9. The van der Waals surface area contributed by atoms with Crippen molar-refractivity contribution in [3.05, 3.63) is 49.6 Å². The van der Waals surface area contributed by atoms with E-state index in [1.807, 2.05) is 25.2 Å². The highest BCUT2D eigenvalue weighted by molar-refractivity contribution is 9.10. The second-order valence-corrected chi connectivity index (χ2v) is 5.83. The van der Waals surface area contributed by atoms with Crippen LogP contribution in [0, 0.1) is 0 Å². The Kier molecular flexibility index (Phi) is 4.45. The lowest BCUT2D eigenvalue weighted by Crippen LogP contribution is -2.31. The van der Waals surface area contributed by atoms with Crippen molar-refractivity contribution in [1.82, 2.24) is 15.2 Å². The minimum atomic E-state index is -0.239. The van der Waals surface area contributed by atoms with Crippen LogP contribution in [0.4, 0.5) is 0 Å². The number of hydrogen-bond acceptors (Lipinski definition) is 3. The van der Waals surface area contributed by atoms with E-state index >= 15 is 0 Å². The van der Waals surface area contributed by atoms with Gasteiger partial charge in [-0.15, -0.1) is 0 Å². The summed E-state index contributed by atoms with van der Waals surface area (Å²) in [7, 11) is 1.86. The Hall–Kier alpha value is -0.400. The second kappa shape index (κ2) is 5.71. The summed E-state index contributed by atoms with van der Waals surface area (Å²) in [4.78, 5) is 0. The SMILES string of the molecule is Cn1ncc(Br)c1C(NN)c1cccc(Br)c1Cl. The van der Waals surface area contributed by atoms with Crippen molar-refractivity contribution in [3.8, 4) is 0 Å². The van der Waals surface area contributed by atoms with E-state index in [2.05, 4.69) is 42.4 Å². The molecule has 0 spiro atoms. The van der Waals surface area contributed by atoms with Crippen molar-refractivity contribution >= 4 is 43.5 Å². The van der Waals surface area contributed by atoms with Crippen LogP contribution in [0.15, 0.2) is 33.3 Å². The number of nitrogens with one attached hydrogen (secondary N) is 1. The quantitative estimate of drug-likeness (QED) is 0.621. The lowest BCUT2D eigenvalue weighted by molar-refractivity contribution is 0.573. The first kappa shape index (κ1) is 14.0. The molecule has 3 N–H and O–H groups in total. The van der Waals surface area contributed by atoms with E-state index < -0.39 is 0 Å². The van der Waals surface area contributed by atoms with Gasteiger partial charge in [-0.05, 0) is 43.5 Å². The molecule has 0 aliphatic carbocycles. The number of hydrogen-bond donors (Lipinski definition) is 2. The van der Waals surface area contributed by atoms with Gasteiger partial charge in [0.25, 0.3) is 0 Å². The van der Waals surface area contributed by atoms with E-state index in [-0.39, 0.29) is 6.04 Å². The van der Waals surface area contributed by atoms with E-state index in [0.29, 0.717) is 5.02 Å². The number of aryl methyl sites for hydroxylation is 1. The van der Waals surface area contributed by atoms with Gasteiger partial charge in [0.2, 0.25) is 0 Å². The molecule has 0 radical (unpaired) electrons. The molecule has 0 aliphatic rings. The maximum atomic E-state index is 6.30. The van der Waals surface area contributed by atoms with Crippen molar-refractivity contribution < 1.29 is 0 Å². The van der Waals surface area contributed by atoms with Gasteiger partial charge in [-0.25, -0.2) is 5.43 Å². The topological polar surface area (TPSA) is 55.9 Å². The molecule has 1 aromatic heterocycles. The lowest BCUT2D eigenvalue weighted by atomic mass is 10.0. The second-order valence-electron chi connectivity index (χ2n) is 3.74. The van der Waals surface area contributed by atoms with Crippen LogP contribution in [-0.2, 0) is 7.05 Å². The van der Waals surface area contributed by atoms with Gasteiger partial charge in [-0.3, -0.25) is 10.5 Å². The average Bonchev–Trinajstić information content (AvgIpc) is 2.67. The zero-order valence-electron chi connectivity index (χ0n) is 9.49. The monoisotopic (exact) mass is 392 g/mol. The molecule has 1 unspecified atom stereocenters. The summed E-state index contributed by atoms with van der Waals surface area (Å²) in [6, 6.07) is 5.49. The summed E-state index contributed by atoms with van der Waals surface area (Å²) in [5.74, 6) is 5.67. The Morgan fingerprint density at radius 1 is 1.39 bits per heavy atom. The fourth-order valence-corrected chi connectivity index (χ4v) is 3.00. The number of aromatic nitrogens is 2. The summed E-state index contributed by atoms with van der Waals surface area (Å²) in [6.45, 7) is 0. The molecule has 2 rings (SSSR count). The van der Waals surface area contributed by atoms with E-state index in [9.17, 15) is 0 Å². The van der Waals surface area contributed by atoms with Gasteiger partial charge in [-0.1, -0.05) is 23.7 Å². The Balaban J connectivity index is 2.56. The first-order valence-corrected chi connectivity index (χ1v) is 7.10. The van der Waals surface area contributed by atoms with Crippen LogP contribution in [0.25, 0.3) is 0 Å². The van der Waals surface area contributed by atoms with Crippen LogP contribution in [0.5, 0.6) is 0 Å². The zero-order chi connectivity index (χ0) is 13.3. The molecule has 1 atom stereocenters. The van der Waals surface area contributed by atoms with Gasteiger partial charge in [0, 0.05) is 11.5 Å². The highest BCUT2D eigenvalue weighted by Gasteiger charge is 2.22. The third-order valence-corrected chi connectivity index (χ3v) is 4.59. The number of nitrogens with zero attached hydrogens (tertiary/aromatic N) is 2. The minimum absolute atomic E-state index is 0.239. The van der Waals surface area contributed by atoms with Crippen molar-refractivity contribution in [2.24, 2.45) is 12.9 Å². The summed E-state index contributed by atoms with van der Waals surface area (Å²) in [6.07, 6.45) is 1.73. The predicted molar refractivity (Wildman–Crippen MR) is 79.2 cm³/mol. The van der Waals surface area contributed by atoms with Gasteiger partial charge in [-0.2, -0.15) is 5.10 Å². The molecular formula is C11H11Br2ClN4. The molecule has 0 saturated heterocycles. The third-order valence-electron chi connectivity index (χ3n) is 2.67. The van der Waals surface area contributed by atoms with Crippen LogP contribution in [-0.4, -0.2) is 9.78 Å². The Morgan fingerprint density at radius 3 is 2.67 bits per heavy atom. The molecule has 1 heterocycles. The van der Waals surface area contributed by atoms with Gasteiger partial charge >= 0.3 is 0 Å². The normalized spacial score (nSPS) is 12.7. The standard InChI is InChI=1S/C11H11Br2ClN4/c1-18-11(8(13)5-16-18)10(17-15)6-3-2-4-7(12)9(6)14/h2-5,10,17H,15H2,1H3. The van der Waals surface area contributed by atoms with Crippen LogP contribution < -0.4 is 11.3 Å². The molecule has 0 fully saturated rings. The minimum Gasteiger partial charge on any atom is -0.271 e. The highest BCUT2D eigenvalue weighted by Crippen LogP contribution is 2.35. The molecular weight excluding hydrogens is 383 g/mol. The molecule has 0 saturated carbocycles. The summed E-state index contributed by atoms with van der Waals surface area (Å²) in [5, 5.41) is 4.81. The molecule has 7 heteroatoms. The average molecular weight is 394 g/mol. The predicted octanol–water partition coefficient (Wildman–Crippen LogP) is 3.15. The van der Waals surface area contributed by atoms with Crippen LogP contribution in [0.3, 0.4) is 0 Å². The molecule has 18 heavy (non-hydrogen) atoms. The summed E-state index contributed by atoms with van der Waals surface area (Å²) in [5.41, 5.74) is 4.58. The van der Waals surface area contributed by atoms with Gasteiger partial charge in [0.15, 0.2) is 0 Å². The first-order chi connectivity index (χ1) is 8.56. The zero-order valence-corrected chi connectivity index (χ0v) is 13.4. The Bertz CT molecular complexity index is 551. The first-order valence-electron chi connectivity index (χ1n) is 5.13. The van der Waals surface area contributed by atoms with E-state index in [1.165, 1.54) is 0 Å². The Labute approximate surface area is 127 Å². The number of halogens is 3. The van der Waals surface area contributed by atoms with Crippen LogP contribution in [0.2, 0.25) is 5.02 Å². The fraction of sp³-hybridized carbons (Fsp3) is 0.182. The Morgan fingerprint density at radius 2 is 2.11 bits per heavy atom. The van der Waals surface area contributed by atoms with Crippen molar-refractivity contribution in [2.45, 2.75) is 6.04 Å². The van der Waals surface area contributed by atoms with E-state index in [1.54, 1.807) is 10.9 Å². The molecule has 0 amide bonds. The number of hydrazine groups is 1. The molecule has 4 nitrogen and oxygen atoms in total. The van der Waals surface area contributed by atoms with E-state index in [4.69, 9.17) is 17.4 Å². The van der Waals surface area contributed by atoms with E-state index in [0.717, 1.165) is 20.2 Å². The maximum Gasteiger partial charge on any atom is 0.0904 e. The molecule has 0 aliphatic heterocycles. The molecule has 1 aromatic carbocycles. The summed E-state index contributed by atoms with van der Waals surface area (Å²) >= 11 is 13.2. The number of benzene rings is 1. The summed E-state index contributed by atoms with van der Waals surface area (Å²) < 4.78 is 3.47. The smallest absolute Gasteiger partial charge is 0.0904 e. The van der Waals surface area contributed by atoms with Crippen LogP contribution in [0.1, 0.15) is 17.3 Å². The van der Waals surface area contributed by atoms with Gasteiger partial charge < -0.3 is 0 Å².